The second kappa shape index (κ2) is 6.03. The Hall–Kier alpha value is -3.61. The Balaban J connectivity index is 1.85. The second-order valence-electron chi connectivity index (χ2n) is 5.99. The average molecular weight is 348 g/mol. The van der Waals surface area contributed by atoms with Crippen molar-refractivity contribution >= 4 is 28.2 Å². The Morgan fingerprint density at radius 1 is 1.04 bits per heavy atom. The van der Waals surface area contributed by atoms with Gasteiger partial charge in [0.25, 0.3) is 0 Å². The number of aromatic amines is 2. The Bertz CT molecular complexity index is 1260. The zero-order valence-electron chi connectivity index (χ0n) is 14.2. The molecule has 7 nitrogen and oxygen atoms in total. The summed E-state index contributed by atoms with van der Waals surface area (Å²) in [6.07, 6.45) is 1.45. The fourth-order valence-corrected chi connectivity index (χ4v) is 2.87. The van der Waals surface area contributed by atoms with Gasteiger partial charge in [0, 0.05) is 10.9 Å². The number of benzene rings is 2. The second-order valence-corrected chi connectivity index (χ2v) is 5.99. The normalized spacial score (nSPS) is 11.6. The van der Waals surface area contributed by atoms with Gasteiger partial charge in [-0.2, -0.15) is 5.10 Å². The third kappa shape index (κ3) is 2.59. The number of aryl methyl sites for hydroxylation is 1. The van der Waals surface area contributed by atoms with Crippen LogP contribution in [0.5, 0.6) is 5.75 Å². The Morgan fingerprint density at radius 3 is 2.54 bits per heavy atom. The number of rotatable bonds is 3. The van der Waals surface area contributed by atoms with Crippen molar-refractivity contribution in [2.24, 2.45) is 5.10 Å². The Morgan fingerprint density at radius 2 is 1.81 bits per heavy atom. The molecule has 7 heteroatoms. The van der Waals surface area contributed by atoms with E-state index in [1.807, 2.05) is 25.1 Å². The summed E-state index contributed by atoms with van der Waals surface area (Å²) < 4.78 is 5.91. The summed E-state index contributed by atoms with van der Waals surface area (Å²) in [5.74, 6) is 0.715. The van der Waals surface area contributed by atoms with Gasteiger partial charge in [-0.3, -0.25) is 4.79 Å². The summed E-state index contributed by atoms with van der Waals surface area (Å²) in [5, 5.41) is 4.85. The van der Waals surface area contributed by atoms with Crippen LogP contribution in [0.15, 0.2) is 57.2 Å². The molecule has 2 aromatic heterocycles. The highest BCUT2D eigenvalue weighted by atomic mass is 16.5. The van der Waals surface area contributed by atoms with Gasteiger partial charge in [-0.05, 0) is 48.9 Å². The lowest BCUT2D eigenvalue weighted by molar-refractivity contribution is 0.415. The molecule has 2 aromatic carbocycles. The van der Waals surface area contributed by atoms with E-state index >= 15 is 0 Å². The molecular weight excluding hydrogens is 332 g/mol. The van der Waals surface area contributed by atoms with Crippen LogP contribution in [0.2, 0.25) is 0 Å². The SMILES string of the molecule is COc1ccc(C=Nn2c(=O)[nH]c3c([nH]c4ccc(C)cc43)c2=O)cc1. The largest absolute Gasteiger partial charge is 0.497 e. The van der Waals surface area contributed by atoms with Crippen LogP contribution in [0.25, 0.3) is 21.9 Å². The molecule has 0 aliphatic carbocycles. The van der Waals surface area contributed by atoms with Gasteiger partial charge in [0.2, 0.25) is 0 Å². The molecule has 0 amide bonds. The smallest absolute Gasteiger partial charge is 0.350 e. The molecule has 0 saturated carbocycles. The van der Waals surface area contributed by atoms with Crippen molar-refractivity contribution in [1.82, 2.24) is 14.6 Å². The third-order valence-electron chi connectivity index (χ3n) is 4.22. The van der Waals surface area contributed by atoms with Crippen molar-refractivity contribution in [3.63, 3.8) is 0 Å². The highest BCUT2D eigenvalue weighted by molar-refractivity contribution is 6.04. The number of hydrogen-bond donors (Lipinski definition) is 2. The number of nitrogens with zero attached hydrogens (tertiary/aromatic N) is 2. The van der Waals surface area contributed by atoms with E-state index in [2.05, 4.69) is 15.1 Å². The van der Waals surface area contributed by atoms with Gasteiger partial charge in [0.15, 0.2) is 0 Å². The van der Waals surface area contributed by atoms with Crippen LogP contribution in [0.3, 0.4) is 0 Å². The highest BCUT2D eigenvalue weighted by Crippen LogP contribution is 2.21. The molecule has 130 valence electrons. The van der Waals surface area contributed by atoms with Crippen LogP contribution >= 0.6 is 0 Å². The minimum Gasteiger partial charge on any atom is -0.497 e. The van der Waals surface area contributed by atoms with Crippen LogP contribution in [-0.4, -0.2) is 28.0 Å². The molecule has 0 bridgehead atoms. The van der Waals surface area contributed by atoms with Gasteiger partial charge in [0.1, 0.15) is 11.3 Å². The number of nitrogens with one attached hydrogen (secondary N) is 2. The molecule has 0 fully saturated rings. The number of ether oxygens (including phenoxy) is 1. The first-order valence-corrected chi connectivity index (χ1v) is 8.02. The summed E-state index contributed by atoms with van der Waals surface area (Å²) >= 11 is 0. The van der Waals surface area contributed by atoms with Gasteiger partial charge < -0.3 is 14.7 Å². The van der Waals surface area contributed by atoms with Crippen LogP contribution in [0, 0.1) is 6.92 Å². The topological polar surface area (TPSA) is 92.2 Å². The van der Waals surface area contributed by atoms with E-state index in [-0.39, 0.29) is 0 Å². The molecule has 0 unspecified atom stereocenters. The Kier molecular flexibility index (Phi) is 3.69. The molecule has 0 atom stereocenters. The van der Waals surface area contributed by atoms with Gasteiger partial charge in [-0.1, -0.05) is 11.6 Å². The molecule has 0 radical (unpaired) electrons. The zero-order valence-corrected chi connectivity index (χ0v) is 14.2. The first-order valence-electron chi connectivity index (χ1n) is 8.02. The number of aromatic nitrogens is 3. The van der Waals surface area contributed by atoms with Gasteiger partial charge in [0.05, 0.1) is 18.8 Å². The van der Waals surface area contributed by atoms with Crippen molar-refractivity contribution in [2.75, 3.05) is 7.11 Å². The van der Waals surface area contributed by atoms with Crippen molar-refractivity contribution in [3.8, 4) is 5.75 Å². The van der Waals surface area contributed by atoms with E-state index in [4.69, 9.17) is 4.74 Å². The summed E-state index contributed by atoms with van der Waals surface area (Å²) in [4.78, 5) is 30.9. The number of hydrogen-bond acceptors (Lipinski definition) is 4. The van der Waals surface area contributed by atoms with E-state index in [0.717, 1.165) is 26.7 Å². The lowest BCUT2D eigenvalue weighted by Gasteiger charge is -2.00. The van der Waals surface area contributed by atoms with Crippen molar-refractivity contribution in [2.45, 2.75) is 6.92 Å². The van der Waals surface area contributed by atoms with Crippen LogP contribution in [-0.2, 0) is 0 Å². The van der Waals surface area contributed by atoms with Gasteiger partial charge in [-0.15, -0.1) is 4.68 Å². The van der Waals surface area contributed by atoms with E-state index in [0.29, 0.717) is 16.8 Å². The van der Waals surface area contributed by atoms with E-state index in [1.54, 1.807) is 31.4 Å². The van der Waals surface area contributed by atoms with Gasteiger partial charge in [-0.25, -0.2) is 4.79 Å². The lowest BCUT2D eigenvalue weighted by atomic mass is 10.2. The first-order chi connectivity index (χ1) is 12.6. The molecule has 26 heavy (non-hydrogen) atoms. The molecule has 0 aliphatic rings. The molecule has 4 aromatic rings. The fourth-order valence-electron chi connectivity index (χ4n) is 2.87. The summed E-state index contributed by atoms with van der Waals surface area (Å²) in [5.41, 5.74) is 2.30. The first kappa shape index (κ1) is 15.9. The summed E-state index contributed by atoms with van der Waals surface area (Å²) in [7, 11) is 1.58. The highest BCUT2D eigenvalue weighted by Gasteiger charge is 2.12. The molecule has 0 saturated heterocycles. The molecule has 2 N–H and O–H groups in total. The van der Waals surface area contributed by atoms with Crippen molar-refractivity contribution in [1.29, 1.82) is 0 Å². The van der Waals surface area contributed by atoms with Crippen molar-refractivity contribution in [3.05, 3.63) is 74.4 Å². The predicted octanol–water partition coefficient (Wildman–Crippen LogP) is 2.37. The zero-order chi connectivity index (χ0) is 18.3. The number of H-pyrrole nitrogens is 2. The molecule has 4 rings (SSSR count). The maximum absolute atomic E-state index is 12.7. The standard InChI is InChI=1S/C19H16N4O3/c1-11-3-8-15-14(9-11)16-17(21-15)18(24)23(19(25)22-16)20-10-12-4-6-13(26-2)7-5-12/h3-10,21H,1-2H3,(H,22,25). The third-order valence-corrected chi connectivity index (χ3v) is 4.22. The fraction of sp³-hybridized carbons (Fsp3) is 0.105. The average Bonchev–Trinajstić information content (AvgIpc) is 3.00. The maximum atomic E-state index is 12.7. The van der Waals surface area contributed by atoms with Gasteiger partial charge >= 0.3 is 11.2 Å². The molecule has 0 spiro atoms. The minimum absolute atomic E-state index is 0.317. The van der Waals surface area contributed by atoms with Crippen LogP contribution < -0.4 is 16.0 Å². The van der Waals surface area contributed by atoms with Crippen molar-refractivity contribution < 1.29 is 4.74 Å². The summed E-state index contributed by atoms with van der Waals surface area (Å²) in [6, 6.07) is 12.9. The number of fused-ring (bicyclic) bond motifs is 3. The molecule has 2 heterocycles. The van der Waals surface area contributed by atoms with E-state index in [9.17, 15) is 9.59 Å². The number of methoxy groups -OCH3 is 1. The van der Waals surface area contributed by atoms with Crippen LogP contribution in [0.1, 0.15) is 11.1 Å². The minimum atomic E-state index is -0.588. The monoisotopic (exact) mass is 348 g/mol. The predicted molar refractivity (Wildman–Crippen MR) is 101 cm³/mol. The quantitative estimate of drug-likeness (QED) is 0.557. The van der Waals surface area contributed by atoms with E-state index in [1.165, 1.54) is 6.21 Å². The summed E-state index contributed by atoms with van der Waals surface area (Å²) in [6.45, 7) is 1.96. The van der Waals surface area contributed by atoms with E-state index < -0.39 is 11.2 Å². The maximum Gasteiger partial charge on any atom is 0.350 e. The van der Waals surface area contributed by atoms with Crippen LogP contribution in [0.4, 0.5) is 0 Å². The lowest BCUT2D eigenvalue weighted by Crippen LogP contribution is -2.32. The molecule has 0 aliphatic heterocycles. The Labute approximate surface area is 147 Å². The molecular formula is C19H16N4O3.